The molecule has 30 heavy (non-hydrogen) atoms. The van der Waals surface area contributed by atoms with Gasteiger partial charge in [0.15, 0.2) is 6.10 Å². The number of carbonyl (C=O) groups excluding carboxylic acids is 3. The minimum atomic E-state index is -3.73. The number of nitrogens with zero attached hydrogens (tertiary/aromatic N) is 1. The molecule has 2 N–H and O–H groups in total. The second-order valence-corrected chi connectivity index (χ2v) is 8.35. The molecule has 0 aromatic heterocycles. The normalized spacial score (nSPS) is 14.4. The summed E-state index contributed by atoms with van der Waals surface area (Å²) in [5, 5.41) is 2.67. The highest BCUT2D eigenvalue weighted by atomic mass is 32.2. The van der Waals surface area contributed by atoms with Crippen LogP contribution in [0.5, 0.6) is 0 Å². The summed E-state index contributed by atoms with van der Waals surface area (Å²) >= 11 is 0. The molecular formula is C20H21N3O6S. The molecular weight excluding hydrogens is 410 g/mol. The van der Waals surface area contributed by atoms with E-state index in [0.29, 0.717) is 11.4 Å². The van der Waals surface area contributed by atoms with Gasteiger partial charge in [0.25, 0.3) is 5.91 Å². The van der Waals surface area contributed by atoms with Crippen LogP contribution in [0.4, 0.5) is 11.4 Å². The number of amides is 2. The number of carbonyl (C=O) groups is 3. The molecule has 1 aliphatic heterocycles. The van der Waals surface area contributed by atoms with Crippen LogP contribution in [0.3, 0.4) is 0 Å². The monoisotopic (exact) mass is 431 g/mol. The number of hydrogen-bond donors (Lipinski definition) is 2. The van der Waals surface area contributed by atoms with E-state index in [2.05, 4.69) is 10.0 Å². The van der Waals surface area contributed by atoms with Gasteiger partial charge < -0.3 is 10.1 Å². The van der Waals surface area contributed by atoms with E-state index in [-0.39, 0.29) is 30.3 Å². The predicted octanol–water partition coefficient (Wildman–Crippen LogP) is 1.27. The average Bonchev–Trinajstić information content (AvgIpc) is 2.73. The second-order valence-electron chi connectivity index (χ2n) is 6.58. The third-order valence-corrected chi connectivity index (χ3v) is 5.84. The van der Waals surface area contributed by atoms with Crippen LogP contribution in [0.25, 0.3) is 0 Å². The number of fused-ring (bicyclic) bond motifs is 1. The zero-order valence-electron chi connectivity index (χ0n) is 16.2. The van der Waals surface area contributed by atoms with Gasteiger partial charge >= 0.3 is 5.97 Å². The molecule has 0 fully saturated rings. The molecule has 1 heterocycles. The minimum absolute atomic E-state index is 0.0870. The van der Waals surface area contributed by atoms with E-state index in [1.807, 2.05) is 0 Å². The van der Waals surface area contributed by atoms with Crippen molar-refractivity contribution in [3.8, 4) is 0 Å². The highest BCUT2D eigenvalue weighted by Crippen LogP contribution is 2.29. The van der Waals surface area contributed by atoms with E-state index >= 15 is 0 Å². The Morgan fingerprint density at radius 2 is 1.80 bits per heavy atom. The molecule has 3 rings (SSSR count). The van der Waals surface area contributed by atoms with Gasteiger partial charge in [-0.3, -0.25) is 19.3 Å². The Hall–Kier alpha value is -3.24. The Kier molecular flexibility index (Phi) is 6.48. The van der Waals surface area contributed by atoms with Crippen LogP contribution in [0.15, 0.2) is 59.5 Å². The van der Waals surface area contributed by atoms with Gasteiger partial charge in [0.05, 0.1) is 22.7 Å². The third-order valence-electron chi connectivity index (χ3n) is 4.37. The first-order valence-corrected chi connectivity index (χ1v) is 10.7. The van der Waals surface area contributed by atoms with Crippen LogP contribution in [0.2, 0.25) is 0 Å². The van der Waals surface area contributed by atoms with E-state index in [4.69, 9.17) is 4.74 Å². The van der Waals surface area contributed by atoms with Gasteiger partial charge in [0, 0.05) is 6.54 Å². The lowest BCUT2D eigenvalue weighted by atomic mass is 10.1. The Morgan fingerprint density at radius 1 is 1.13 bits per heavy atom. The first kappa shape index (κ1) is 21.5. The van der Waals surface area contributed by atoms with Crippen molar-refractivity contribution in [2.45, 2.75) is 24.3 Å². The van der Waals surface area contributed by atoms with E-state index in [1.165, 1.54) is 24.0 Å². The number of sulfonamides is 1. The van der Waals surface area contributed by atoms with E-state index in [1.54, 1.807) is 42.5 Å². The fourth-order valence-corrected chi connectivity index (χ4v) is 3.98. The van der Waals surface area contributed by atoms with Crippen molar-refractivity contribution in [3.63, 3.8) is 0 Å². The molecule has 0 saturated heterocycles. The van der Waals surface area contributed by atoms with Crippen molar-refractivity contribution in [1.29, 1.82) is 0 Å². The number of anilines is 2. The van der Waals surface area contributed by atoms with Gasteiger partial charge in [-0.25, -0.2) is 13.1 Å². The predicted molar refractivity (Wildman–Crippen MR) is 109 cm³/mol. The van der Waals surface area contributed by atoms with Crippen LogP contribution in [0.1, 0.15) is 13.3 Å². The Morgan fingerprint density at radius 3 is 2.53 bits per heavy atom. The Labute approximate surface area is 174 Å². The smallest absolute Gasteiger partial charge is 0.307 e. The number of nitrogens with one attached hydrogen (secondary N) is 2. The lowest BCUT2D eigenvalue weighted by Gasteiger charge is -2.30. The summed E-state index contributed by atoms with van der Waals surface area (Å²) in [5.74, 6) is -1.63. The largest absolute Gasteiger partial charge is 0.452 e. The van der Waals surface area contributed by atoms with Crippen molar-refractivity contribution in [1.82, 2.24) is 4.72 Å². The molecule has 0 radical (unpaired) electrons. The molecule has 158 valence electrons. The number of hydrogen-bond acceptors (Lipinski definition) is 6. The van der Waals surface area contributed by atoms with Crippen LogP contribution in [-0.4, -0.2) is 45.4 Å². The van der Waals surface area contributed by atoms with Crippen LogP contribution < -0.4 is 14.9 Å². The van der Waals surface area contributed by atoms with Crippen molar-refractivity contribution < 1.29 is 27.5 Å². The first-order chi connectivity index (χ1) is 14.3. The molecule has 2 aromatic carbocycles. The third kappa shape index (κ3) is 5.02. The van der Waals surface area contributed by atoms with E-state index in [0.717, 1.165) is 0 Å². The minimum Gasteiger partial charge on any atom is -0.452 e. The van der Waals surface area contributed by atoms with Gasteiger partial charge in [0.1, 0.15) is 6.54 Å². The fourth-order valence-electron chi connectivity index (χ4n) is 2.93. The van der Waals surface area contributed by atoms with Crippen LogP contribution in [-0.2, 0) is 29.1 Å². The summed E-state index contributed by atoms with van der Waals surface area (Å²) in [7, 11) is -3.73. The molecule has 10 heteroatoms. The van der Waals surface area contributed by atoms with E-state index in [9.17, 15) is 22.8 Å². The van der Waals surface area contributed by atoms with Gasteiger partial charge in [0.2, 0.25) is 15.9 Å². The molecule has 0 unspecified atom stereocenters. The molecule has 0 saturated carbocycles. The van der Waals surface area contributed by atoms with Crippen molar-refractivity contribution in [3.05, 3.63) is 54.6 Å². The SMILES string of the molecule is C[C@H](OC(=O)CCNS(=O)(=O)c1ccccc1)C(=O)N1CC(=O)Nc2ccccc21. The second kappa shape index (κ2) is 9.06. The molecule has 1 aliphatic rings. The maximum atomic E-state index is 12.7. The highest BCUT2D eigenvalue weighted by Gasteiger charge is 2.31. The molecule has 2 amide bonds. The fraction of sp³-hybridized carbons (Fsp3) is 0.250. The molecule has 0 bridgehead atoms. The Balaban J connectivity index is 1.55. The number of benzene rings is 2. The molecule has 9 nitrogen and oxygen atoms in total. The lowest BCUT2D eigenvalue weighted by molar-refractivity contribution is -0.153. The average molecular weight is 431 g/mol. The Bertz CT molecular complexity index is 1060. The quantitative estimate of drug-likeness (QED) is 0.637. The van der Waals surface area contributed by atoms with E-state index < -0.39 is 28.0 Å². The van der Waals surface area contributed by atoms with Gasteiger partial charge in [-0.15, -0.1) is 0 Å². The maximum absolute atomic E-state index is 12.7. The summed E-state index contributed by atoms with van der Waals surface area (Å²) < 4.78 is 31.7. The standard InChI is InChI=1S/C20H21N3O6S/c1-14(20(26)23-13-18(24)22-16-9-5-6-10-17(16)23)29-19(25)11-12-21-30(27,28)15-7-3-2-4-8-15/h2-10,14,21H,11-13H2,1H3,(H,22,24)/t14-/m0/s1. The summed E-state index contributed by atoms with van der Waals surface area (Å²) in [6.45, 7) is 1.05. The summed E-state index contributed by atoms with van der Waals surface area (Å²) in [6.07, 6.45) is -1.39. The molecule has 0 spiro atoms. The van der Waals surface area contributed by atoms with Crippen molar-refractivity contribution in [2.24, 2.45) is 0 Å². The first-order valence-electron chi connectivity index (χ1n) is 9.22. The van der Waals surface area contributed by atoms with Gasteiger partial charge in [-0.05, 0) is 31.2 Å². The number of ether oxygens (including phenoxy) is 1. The van der Waals surface area contributed by atoms with Crippen LogP contribution in [0, 0.1) is 0 Å². The molecule has 0 aliphatic carbocycles. The van der Waals surface area contributed by atoms with Crippen molar-refractivity contribution in [2.75, 3.05) is 23.3 Å². The van der Waals surface area contributed by atoms with Crippen molar-refractivity contribution >= 4 is 39.2 Å². The molecule has 1 atom stereocenters. The van der Waals surface area contributed by atoms with Gasteiger partial charge in [-0.2, -0.15) is 0 Å². The van der Waals surface area contributed by atoms with Gasteiger partial charge in [-0.1, -0.05) is 30.3 Å². The number of esters is 1. The van der Waals surface area contributed by atoms with Crippen LogP contribution >= 0.6 is 0 Å². The number of para-hydroxylation sites is 2. The number of rotatable bonds is 7. The zero-order chi connectivity index (χ0) is 21.7. The zero-order valence-corrected chi connectivity index (χ0v) is 17.0. The topological polar surface area (TPSA) is 122 Å². The highest BCUT2D eigenvalue weighted by molar-refractivity contribution is 7.89. The summed E-state index contributed by atoms with van der Waals surface area (Å²) in [6, 6.07) is 14.6. The molecule has 2 aromatic rings. The lowest BCUT2D eigenvalue weighted by Crippen LogP contribution is -2.47. The summed E-state index contributed by atoms with van der Waals surface area (Å²) in [4.78, 5) is 38.0. The summed E-state index contributed by atoms with van der Waals surface area (Å²) in [5.41, 5.74) is 1.01. The maximum Gasteiger partial charge on any atom is 0.307 e.